The van der Waals surface area contributed by atoms with Crippen molar-refractivity contribution < 1.29 is 0 Å². The van der Waals surface area contributed by atoms with Gasteiger partial charge in [0, 0.05) is 17.4 Å². The molecule has 1 heteroatoms. The van der Waals surface area contributed by atoms with Gasteiger partial charge in [0.25, 0.3) is 0 Å². The van der Waals surface area contributed by atoms with Gasteiger partial charge in [-0.3, -0.25) is 0 Å². The number of hydrogen-bond acceptors (Lipinski definition) is 0. The molecule has 0 bridgehead atoms. The maximum absolute atomic E-state index is 5.30. The molecular formula is C9H13Cl. The van der Waals surface area contributed by atoms with E-state index in [1.165, 1.54) is 5.54 Å². The minimum Gasteiger partial charge on any atom is -0.0986 e. The fourth-order valence-corrected chi connectivity index (χ4v) is 0.509. The van der Waals surface area contributed by atoms with Crippen molar-refractivity contribution in [2.24, 2.45) is 5.41 Å². The third-order valence-corrected chi connectivity index (χ3v) is 0.951. The lowest BCUT2D eigenvalue weighted by Gasteiger charge is -2.06. The molecule has 0 rings (SSSR count). The largest absolute Gasteiger partial charge is 0.0986 e. The van der Waals surface area contributed by atoms with E-state index in [0.29, 0.717) is 0 Å². The number of rotatable bonds is 1. The van der Waals surface area contributed by atoms with Crippen LogP contribution in [0.1, 0.15) is 27.2 Å². The van der Waals surface area contributed by atoms with Crippen molar-refractivity contribution in [1.82, 2.24) is 0 Å². The predicted molar refractivity (Wildman–Crippen MR) is 46.8 cm³/mol. The van der Waals surface area contributed by atoms with Crippen molar-refractivity contribution in [2.45, 2.75) is 27.2 Å². The first-order valence-electron chi connectivity index (χ1n) is 3.31. The second kappa shape index (κ2) is 4.41. The van der Waals surface area contributed by atoms with Crippen molar-refractivity contribution in [3.8, 4) is 11.8 Å². The Morgan fingerprint density at radius 1 is 1.40 bits per heavy atom. The van der Waals surface area contributed by atoms with Gasteiger partial charge in [-0.25, -0.2) is 0 Å². The molecule has 0 saturated heterocycles. The summed E-state index contributed by atoms with van der Waals surface area (Å²) in [6.07, 6.45) is 2.58. The normalized spacial score (nSPS) is 11.2. The van der Waals surface area contributed by atoms with E-state index in [1.807, 2.05) is 6.08 Å². The summed E-state index contributed by atoms with van der Waals surface area (Å²) in [6.45, 7) is 6.26. The van der Waals surface area contributed by atoms with Crippen molar-refractivity contribution in [3.63, 3.8) is 0 Å². The smallest absolute Gasteiger partial charge is 0.0281 e. The molecule has 0 unspecified atom stereocenters. The minimum atomic E-state index is 0.111. The van der Waals surface area contributed by atoms with Crippen LogP contribution in [0.4, 0.5) is 0 Å². The Kier molecular flexibility index (Phi) is 4.23. The maximum atomic E-state index is 5.30. The Morgan fingerprint density at radius 3 is 2.40 bits per heavy atom. The van der Waals surface area contributed by atoms with Crippen LogP contribution in [0.2, 0.25) is 0 Å². The molecule has 0 atom stereocenters. The van der Waals surface area contributed by atoms with Crippen LogP contribution in [0, 0.1) is 17.3 Å². The Morgan fingerprint density at radius 2 is 2.00 bits per heavy atom. The van der Waals surface area contributed by atoms with Gasteiger partial charge in [0.2, 0.25) is 0 Å². The summed E-state index contributed by atoms with van der Waals surface area (Å²) < 4.78 is 0. The van der Waals surface area contributed by atoms with Gasteiger partial charge in [-0.2, -0.15) is 0 Å². The molecule has 0 aromatic heterocycles. The van der Waals surface area contributed by atoms with Crippen molar-refractivity contribution >= 4 is 11.6 Å². The molecule has 0 amide bonds. The zero-order chi connectivity index (χ0) is 8.04. The molecule has 0 spiro atoms. The van der Waals surface area contributed by atoms with E-state index in [9.17, 15) is 0 Å². The van der Waals surface area contributed by atoms with Gasteiger partial charge in [-0.05, 0) is 20.8 Å². The molecule has 0 nitrogen and oxygen atoms in total. The highest BCUT2D eigenvalue weighted by molar-refractivity contribution is 6.25. The zero-order valence-electron chi connectivity index (χ0n) is 6.74. The molecule has 0 N–H and O–H groups in total. The second-order valence-electron chi connectivity index (χ2n) is 3.12. The predicted octanol–water partition coefficient (Wildman–Crippen LogP) is 3.18. The van der Waals surface area contributed by atoms with Gasteiger partial charge >= 0.3 is 0 Å². The zero-order valence-corrected chi connectivity index (χ0v) is 7.50. The topological polar surface area (TPSA) is 0 Å². The van der Waals surface area contributed by atoms with Gasteiger partial charge in [0.15, 0.2) is 0 Å². The Labute approximate surface area is 68.3 Å². The molecule has 0 aromatic rings. The van der Waals surface area contributed by atoms with E-state index in [-0.39, 0.29) is 5.41 Å². The van der Waals surface area contributed by atoms with Gasteiger partial charge in [0.1, 0.15) is 0 Å². The standard InChI is InChI=1S/C9H13Cl/c1-9(2,3)7-5-4-6-8-10/h6,8H,4H2,1-3H3. The highest BCUT2D eigenvalue weighted by Crippen LogP contribution is 2.09. The Hall–Kier alpha value is -0.410. The van der Waals surface area contributed by atoms with Crippen LogP contribution < -0.4 is 0 Å². The first kappa shape index (κ1) is 9.59. The summed E-state index contributed by atoms with van der Waals surface area (Å²) in [5, 5.41) is 0. The molecule has 0 aliphatic heterocycles. The van der Waals surface area contributed by atoms with Crippen molar-refractivity contribution in [3.05, 3.63) is 11.6 Å². The first-order chi connectivity index (χ1) is 4.56. The lowest BCUT2D eigenvalue weighted by Crippen LogP contribution is -1.98. The summed E-state index contributed by atoms with van der Waals surface area (Å²) in [6, 6.07) is 0. The van der Waals surface area contributed by atoms with Crippen LogP contribution in [-0.2, 0) is 0 Å². The number of halogens is 1. The highest BCUT2D eigenvalue weighted by Gasteiger charge is 2.02. The molecule has 0 heterocycles. The van der Waals surface area contributed by atoms with Crippen LogP contribution in [0.25, 0.3) is 0 Å². The van der Waals surface area contributed by atoms with Crippen LogP contribution >= 0.6 is 11.6 Å². The van der Waals surface area contributed by atoms with Gasteiger partial charge < -0.3 is 0 Å². The molecule has 0 saturated carbocycles. The maximum Gasteiger partial charge on any atom is 0.0281 e. The van der Waals surface area contributed by atoms with E-state index in [1.54, 1.807) is 0 Å². The fourth-order valence-electron chi connectivity index (χ4n) is 0.420. The van der Waals surface area contributed by atoms with Crippen molar-refractivity contribution in [2.75, 3.05) is 0 Å². The molecule has 0 radical (unpaired) electrons. The van der Waals surface area contributed by atoms with E-state index in [4.69, 9.17) is 11.6 Å². The fraction of sp³-hybridized carbons (Fsp3) is 0.556. The van der Waals surface area contributed by atoms with Crippen molar-refractivity contribution in [1.29, 1.82) is 0 Å². The van der Waals surface area contributed by atoms with E-state index in [0.717, 1.165) is 6.42 Å². The molecule has 0 fully saturated rings. The quantitative estimate of drug-likeness (QED) is 0.512. The summed E-state index contributed by atoms with van der Waals surface area (Å²) >= 11 is 5.30. The number of hydrogen-bond donors (Lipinski definition) is 0. The molecule has 0 aromatic carbocycles. The Balaban J connectivity index is 3.70. The van der Waals surface area contributed by atoms with Crippen LogP contribution in [0.3, 0.4) is 0 Å². The minimum absolute atomic E-state index is 0.111. The first-order valence-corrected chi connectivity index (χ1v) is 3.75. The highest BCUT2D eigenvalue weighted by atomic mass is 35.5. The third-order valence-electron chi connectivity index (χ3n) is 0.772. The summed E-state index contributed by atoms with van der Waals surface area (Å²) in [4.78, 5) is 0. The molecule has 0 aliphatic rings. The van der Waals surface area contributed by atoms with Crippen LogP contribution in [-0.4, -0.2) is 0 Å². The SMILES string of the molecule is CC(C)(C)C#CCC=CCl. The lowest BCUT2D eigenvalue weighted by molar-refractivity contribution is 0.570. The lowest BCUT2D eigenvalue weighted by atomic mass is 9.98. The molecule has 10 heavy (non-hydrogen) atoms. The molecule has 0 aliphatic carbocycles. The Bertz CT molecular complexity index is 161. The average molecular weight is 157 g/mol. The van der Waals surface area contributed by atoms with Crippen LogP contribution in [0.5, 0.6) is 0 Å². The summed E-state index contributed by atoms with van der Waals surface area (Å²) in [7, 11) is 0. The van der Waals surface area contributed by atoms with Gasteiger partial charge in [-0.15, -0.1) is 0 Å². The molecular weight excluding hydrogens is 144 g/mol. The van der Waals surface area contributed by atoms with Gasteiger partial charge in [0.05, 0.1) is 0 Å². The third kappa shape index (κ3) is 7.59. The monoisotopic (exact) mass is 156 g/mol. The second-order valence-corrected chi connectivity index (χ2v) is 3.37. The van der Waals surface area contributed by atoms with Gasteiger partial charge in [-0.1, -0.05) is 29.5 Å². The van der Waals surface area contributed by atoms with Crippen LogP contribution in [0.15, 0.2) is 11.6 Å². The number of allylic oxidation sites excluding steroid dienone is 1. The van der Waals surface area contributed by atoms with E-state index < -0.39 is 0 Å². The van der Waals surface area contributed by atoms with E-state index in [2.05, 4.69) is 32.6 Å². The average Bonchev–Trinajstić information content (AvgIpc) is 1.78. The summed E-state index contributed by atoms with van der Waals surface area (Å²) in [5.41, 5.74) is 1.61. The molecule has 56 valence electrons. The van der Waals surface area contributed by atoms with E-state index >= 15 is 0 Å². The summed E-state index contributed by atoms with van der Waals surface area (Å²) in [5.74, 6) is 6.10.